The minimum Gasteiger partial charge on any atom is -0.495 e. The maximum absolute atomic E-state index is 5.56. The Balaban J connectivity index is 1.31. The largest absolute Gasteiger partial charge is 0.495 e. The Morgan fingerprint density at radius 3 is 2.66 bits per heavy atom. The molecule has 0 aliphatic carbocycles. The van der Waals surface area contributed by atoms with Crippen molar-refractivity contribution in [1.82, 2.24) is 14.8 Å². The SMILES string of the molecule is COc1ccccc1N1CCN([C@H]2CCCN(Cc3cnc(N(C)C)s3)C2)CC1. The normalized spacial score (nSPS) is 21.3. The summed E-state index contributed by atoms with van der Waals surface area (Å²) in [5, 5.41) is 1.10. The Kier molecular flexibility index (Phi) is 6.57. The number of hydrogen-bond donors (Lipinski definition) is 0. The van der Waals surface area contributed by atoms with Gasteiger partial charge in [0.25, 0.3) is 0 Å². The number of nitrogens with zero attached hydrogens (tertiary/aromatic N) is 5. The number of ether oxygens (including phenoxy) is 1. The summed E-state index contributed by atoms with van der Waals surface area (Å²) in [5.74, 6) is 0.978. The van der Waals surface area contributed by atoms with Crippen molar-refractivity contribution in [2.24, 2.45) is 0 Å². The molecule has 2 saturated heterocycles. The van der Waals surface area contributed by atoms with Gasteiger partial charge in [0.2, 0.25) is 0 Å². The second-order valence-corrected chi connectivity index (χ2v) is 9.32. The van der Waals surface area contributed by atoms with Crippen LogP contribution in [0.15, 0.2) is 30.5 Å². The van der Waals surface area contributed by atoms with Crippen LogP contribution in [0.4, 0.5) is 10.8 Å². The van der Waals surface area contributed by atoms with E-state index in [1.165, 1.54) is 36.5 Å². The van der Waals surface area contributed by atoms with Gasteiger partial charge in [0.1, 0.15) is 5.75 Å². The standard InChI is InChI=1S/C22H33N5OS/c1-24(2)22-23-15-19(29-22)17-25-10-6-7-18(16-25)26-11-13-27(14-12-26)20-8-4-5-9-21(20)28-3/h4-5,8-9,15,18H,6-7,10-14,16-17H2,1-3H3/t18-/m0/s1. The Morgan fingerprint density at radius 2 is 1.93 bits per heavy atom. The monoisotopic (exact) mass is 415 g/mol. The summed E-state index contributed by atoms with van der Waals surface area (Å²) in [4.78, 5) is 15.8. The fraction of sp³-hybridized carbons (Fsp3) is 0.591. The molecule has 0 amide bonds. The van der Waals surface area contributed by atoms with Crippen molar-refractivity contribution in [1.29, 1.82) is 0 Å². The molecule has 3 heterocycles. The number of aromatic nitrogens is 1. The first-order valence-corrected chi connectivity index (χ1v) is 11.4. The lowest BCUT2D eigenvalue weighted by Crippen LogP contribution is -2.55. The molecule has 1 aromatic heterocycles. The third kappa shape index (κ3) is 4.85. The van der Waals surface area contributed by atoms with Crippen LogP contribution >= 0.6 is 11.3 Å². The van der Waals surface area contributed by atoms with Gasteiger partial charge in [-0.15, -0.1) is 11.3 Å². The summed E-state index contributed by atoms with van der Waals surface area (Å²) >= 11 is 1.81. The van der Waals surface area contributed by atoms with E-state index in [9.17, 15) is 0 Å². The zero-order valence-corrected chi connectivity index (χ0v) is 18.7. The highest BCUT2D eigenvalue weighted by Gasteiger charge is 2.29. The van der Waals surface area contributed by atoms with Gasteiger partial charge < -0.3 is 14.5 Å². The molecule has 0 unspecified atom stereocenters. The molecule has 0 N–H and O–H groups in total. The molecule has 6 nitrogen and oxygen atoms in total. The lowest BCUT2D eigenvalue weighted by Gasteiger charge is -2.44. The van der Waals surface area contributed by atoms with Crippen LogP contribution in [0.3, 0.4) is 0 Å². The number of benzene rings is 1. The molecular formula is C22H33N5OS. The summed E-state index contributed by atoms with van der Waals surface area (Å²) < 4.78 is 5.56. The molecule has 158 valence electrons. The molecule has 2 aliphatic rings. The maximum atomic E-state index is 5.56. The number of hydrogen-bond acceptors (Lipinski definition) is 7. The first-order valence-electron chi connectivity index (χ1n) is 10.6. The molecule has 2 fully saturated rings. The van der Waals surface area contributed by atoms with E-state index >= 15 is 0 Å². The van der Waals surface area contributed by atoms with Crippen LogP contribution in [0.2, 0.25) is 0 Å². The van der Waals surface area contributed by atoms with Gasteiger partial charge in [-0.05, 0) is 31.5 Å². The zero-order chi connectivity index (χ0) is 20.2. The number of piperazine rings is 1. The lowest BCUT2D eigenvalue weighted by atomic mass is 10.0. The average Bonchev–Trinajstić information content (AvgIpc) is 3.23. The molecule has 2 aliphatic heterocycles. The maximum Gasteiger partial charge on any atom is 0.185 e. The first kappa shape index (κ1) is 20.4. The number of likely N-dealkylation sites (tertiary alicyclic amines) is 1. The summed E-state index contributed by atoms with van der Waals surface area (Å²) in [6.07, 6.45) is 4.66. The molecule has 0 radical (unpaired) electrons. The highest BCUT2D eigenvalue weighted by molar-refractivity contribution is 7.15. The highest BCUT2D eigenvalue weighted by atomic mass is 32.1. The zero-order valence-electron chi connectivity index (χ0n) is 17.9. The molecule has 4 rings (SSSR count). The Morgan fingerprint density at radius 1 is 1.14 bits per heavy atom. The quantitative estimate of drug-likeness (QED) is 0.722. The molecule has 2 aromatic rings. The number of anilines is 2. The summed E-state index contributed by atoms with van der Waals surface area (Å²) in [6.45, 7) is 7.79. The minimum atomic E-state index is 0.671. The van der Waals surface area contributed by atoms with Crippen LogP contribution < -0.4 is 14.5 Å². The van der Waals surface area contributed by atoms with Crippen LogP contribution in [0.1, 0.15) is 17.7 Å². The van der Waals surface area contributed by atoms with Gasteiger partial charge in [-0.25, -0.2) is 4.98 Å². The predicted molar refractivity (Wildman–Crippen MR) is 122 cm³/mol. The summed E-state index contributed by atoms with van der Waals surface area (Å²) in [7, 11) is 5.88. The highest BCUT2D eigenvalue weighted by Crippen LogP contribution is 2.29. The van der Waals surface area contributed by atoms with Crippen molar-refractivity contribution in [2.75, 3.05) is 70.3 Å². The van der Waals surface area contributed by atoms with E-state index in [4.69, 9.17) is 4.74 Å². The molecule has 1 atom stereocenters. The number of piperidine rings is 1. The minimum absolute atomic E-state index is 0.671. The van der Waals surface area contributed by atoms with E-state index < -0.39 is 0 Å². The number of thiazole rings is 1. The number of para-hydroxylation sites is 2. The van der Waals surface area contributed by atoms with Crippen molar-refractivity contribution in [2.45, 2.75) is 25.4 Å². The fourth-order valence-corrected chi connectivity index (χ4v) is 5.36. The van der Waals surface area contributed by atoms with Gasteiger partial charge in [0.15, 0.2) is 5.13 Å². The second-order valence-electron chi connectivity index (χ2n) is 8.23. The van der Waals surface area contributed by atoms with E-state index in [0.29, 0.717) is 6.04 Å². The molecular weight excluding hydrogens is 382 g/mol. The van der Waals surface area contributed by atoms with Crippen molar-refractivity contribution in [3.8, 4) is 5.75 Å². The molecule has 1 aromatic carbocycles. The van der Waals surface area contributed by atoms with Crippen molar-refractivity contribution >= 4 is 22.2 Å². The van der Waals surface area contributed by atoms with Crippen LogP contribution in [0.25, 0.3) is 0 Å². The lowest BCUT2D eigenvalue weighted by molar-refractivity contribution is 0.0892. The van der Waals surface area contributed by atoms with E-state index in [0.717, 1.165) is 43.6 Å². The van der Waals surface area contributed by atoms with Gasteiger partial charge in [-0.2, -0.15) is 0 Å². The molecule has 29 heavy (non-hydrogen) atoms. The Labute approximate surface area is 178 Å². The van der Waals surface area contributed by atoms with Gasteiger partial charge in [0, 0.05) is 70.5 Å². The first-order chi connectivity index (χ1) is 14.1. The van der Waals surface area contributed by atoms with E-state index in [1.54, 1.807) is 7.11 Å². The molecule has 0 bridgehead atoms. The molecule has 0 spiro atoms. The van der Waals surface area contributed by atoms with Crippen LogP contribution in [-0.2, 0) is 6.54 Å². The van der Waals surface area contributed by atoms with Crippen LogP contribution in [0.5, 0.6) is 5.75 Å². The van der Waals surface area contributed by atoms with Gasteiger partial charge in [-0.3, -0.25) is 9.80 Å². The van der Waals surface area contributed by atoms with Gasteiger partial charge in [0.05, 0.1) is 12.8 Å². The van der Waals surface area contributed by atoms with Crippen molar-refractivity contribution < 1.29 is 4.74 Å². The topological polar surface area (TPSA) is 35.1 Å². The Hall–Kier alpha value is -1.83. The van der Waals surface area contributed by atoms with E-state index in [2.05, 4.69) is 63.1 Å². The number of rotatable bonds is 6. The van der Waals surface area contributed by atoms with E-state index in [-0.39, 0.29) is 0 Å². The summed E-state index contributed by atoms with van der Waals surface area (Å²) in [5.41, 5.74) is 1.22. The van der Waals surface area contributed by atoms with E-state index in [1.807, 2.05) is 17.4 Å². The van der Waals surface area contributed by atoms with Gasteiger partial charge in [-0.1, -0.05) is 12.1 Å². The van der Waals surface area contributed by atoms with Crippen LogP contribution in [-0.4, -0.2) is 81.3 Å². The Bertz CT molecular complexity index is 787. The number of methoxy groups -OCH3 is 1. The third-order valence-corrected chi connectivity index (χ3v) is 7.19. The fourth-order valence-electron chi connectivity index (χ4n) is 4.49. The van der Waals surface area contributed by atoms with Crippen molar-refractivity contribution in [3.63, 3.8) is 0 Å². The molecule has 7 heteroatoms. The third-order valence-electron chi connectivity index (χ3n) is 6.04. The van der Waals surface area contributed by atoms with Crippen molar-refractivity contribution in [3.05, 3.63) is 35.3 Å². The van der Waals surface area contributed by atoms with Crippen LogP contribution in [0, 0.1) is 0 Å². The molecule has 0 saturated carbocycles. The predicted octanol–water partition coefficient (Wildman–Crippen LogP) is 3.00. The second kappa shape index (κ2) is 9.32. The van der Waals surface area contributed by atoms with Gasteiger partial charge >= 0.3 is 0 Å². The smallest absolute Gasteiger partial charge is 0.185 e. The average molecular weight is 416 g/mol. The summed E-state index contributed by atoms with van der Waals surface area (Å²) in [6, 6.07) is 9.05.